The summed E-state index contributed by atoms with van der Waals surface area (Å²) in [6.07, 6.45) is 2.09. The monoisotopic (exact) mass is 379 g/mol. The average Bonchev–Trinajstić information content (AvgIpc) is 2.89. The standard InChI is InChI=1S/C17H18ClN3O3S/c1-11-8-12(18)2-3-15(11)21-17(22)16-9-13(4-6-19-16)20-14-5-7-25(23,24)10-14/h2-4,6,8-9,14H,5,7,10H2,1H3,(H,19,20)(H,21,22). The molecule has 1 aliphatic heterocycles. The molecule has 0 radical (unpaired) electrons. The van der Waals surface area contributed by atoms with Gasteiger partial charge in [-0.1, -0.05) is 11.6 Å². The third-order valence-electron chi connectivity index (χ3n) is 4.03. The Bertz CT molecular complexity index is 915. The maximum absolute atomic E-state index is 12.4. The molecule has 3 rings (SSSR count). The lowest BCUT2D eigenvalue weighted by Crippen LogP contribution is -2.21. The molecule has 1 aromatic heterocycles. The minimum Gasteiger partial charge on any atom is -0.381 e. The summed E-state index contributed by atoms with van der Waals surface area (Å²) in [6.45, 7) is 1.85. The molecule has 0 bridgehead atoms. The molecule has 1 atom stereocenters. The Morgan fingerprint density at radius 2 is 2.08 bits per heavy atom. The molecule has 132 valence electrons. The van der Waals surface area contributed by atoms with Crippen molar-refractivity contribution in [3.05, 3.63) is 52.8 Å². The molecule has 1 amide bonds. The van der Waals surface area contributed by atoms with Crippen LogP contribution in [0.3, 0.4) is 0 Å². The van der Waals surface area contributed by atoms with Gasteiger partial charge in [-0.3, -0.25) is 9.78 Å². The van der Waals surface area contributed by atoms with Crippen LogP contribution in [0.5, 0.6) is 0 Å². The Labute approximate surface area is 151 Å². The number of amides is 1. The first-order chi connectivity index (χ1) is 11.8. The minimum atomic E-state index is -2.96. The first-order valence-corrected chi connectivity index (χ1v) is 10.0. The lowest BCUT2D eigenvalue weighted by atomic mass is 10.2. The number of nitrogens with one attached hydrogen (secondary N) is 2. The molecule has 1 fully saturated rings. The molecule has 25 heavy (non-hydrogen) atoms. The number of hydrogen-bond donors (Lipinski definition) is 2. The van der Waals surface area contributed by atoms with E-state index < -0.39 is 9.84 Å². The van der Waals surface area contributed by atoms with Gasteiger partial charge in [0, 0.05) is 28.6 Å². The van der Waals surface area contributed by atoms with Gasteiger partial charge in [-0.15, -0.1) is 0 Å². The summed E-state index contributed by atoms with van der Waals surface area (Å²) < 4.78 is 23.1. The maximum atomic E-state index is 12.4. The van der Waals surface area contributed by atoms with E-state index in [0.29, 0.717) is 22.8 Å². The van der Waals surface area contributed by atoms with Crippen molar-refractivity contribution in [1.29, 1.82) is 0 Å². The SMILES string of the molecule is Cc1cc(Cl)ccc1NC(=O)c1cc(NC2CCS(=O)(=O)C2)ccn1. The van der Waals surface area contributed by atoms with Gasteiger partial charge in [0.25, 0.3) is 5.91 Å². The molecule has 0 spiro atoms. The quantitative estimate of drug-likeness (QED) is 0.852. The fourth-order valence-electron chi connectivity index (χ4n) is 2.74. The number of carbonyl (C=O) groups excluding carboxylic acids is 1. The lowest BCUT2D eigenvalue weighted by molar-refractivity contribution is 0.102. The van der Waals surface area contributed by atoms with Crippen molar-refractivity contribution in [1.82, 2.24) is 4.98 Å². The molecular weight excluding hydrogens is 362 g/mol. The Kier molecular flexibility index (Phi) is 4.96. The molecule has 0 aliphatic carbocycles. The number of benzene rings is 1. The number of aromatic nitrogens is 1. The highest BCUT2D eigenvalue weighted by molar-refractivity contribution is 7.91. The predicted octanol–water partition coefficient (Wildman–Crippen LogP) is 2.89. The van der Waals surface area contributed by atoms with E-state index in [9.17, 15) is 13.2 Å². The number of anilines is 2. The van der Waals surface area contributed by atoms with Crippen molar-refractivity contribution in [2.45, 2.75) is 19.4 Å². The van der Waals surface area contributed by atoms with Gasteiger partial charge in [0.05, 0.1) is 11.5 Å². The second-order valence-corrected chi connectivity index (χ2v) is 8.75. The van der Waals surface area contributed by atoms with Crippen LogP contribution < -0.4 is 10.6 Å². The second kappa shape index (κ2) is 7.01. The molecular formula is C17H18ClN3O3S. The Hall–Kier alpha value is -2.12. The van der Waals surface area contributed by atoms with Crippen molar-refractivity contribution in [2.75, 3.05) is 22.1 Å². The molecule has 0 saturated carbocycles. The highest BCUT2D eigenvalue weighted by atomic mass is 35.5. The summed E-state index contributed by atoms with van der Waals surface area (Å²) >= 11 is 5.92. The normalized spacial score (nSPS) is 18.7. The number of pyridine rings is 1. The highest BCUT2D eigenvalue weighted by Gasteiger charge is 2.27. The number of carbonyl (C=O) groups is 1. The van der Waals surface area contributed by atoms with Crippen molar-refractivity contribution in [3.63, 3.8) is 0 Å². The maximum Gasteiger partial charge on any atom is 0.274 e. The third kappa shape index (κ3) is 4.49. The Morgan fingerprint density at radius 3 is 2.76 bits per heavy atom. The van der Waals surface area contributed by atoms with E-state index in [4.69, 9.17) is 11.6 Å². The van der Waals surface area contributed by atoms with Crippen LogP contribution in [0.4, 0.5) is 11.4 Å². The van der Waals surface area contributed by atoms with Crippen LogP contribution in [0.15, 0.2) is 36.5 Å². The summed E-state index contributed by atoms with van der Waals surface area (Å²) in [5.41, 5.74) is 2.44. The van der Waals surface area contributed by atoms with Gasteiger partial charge >= 0.3 is 0 Å². The summed E-state index contributed by atoms with van der Waals surface area (Å²) in [5, 5.41) is 6.56. The van der Waals surface area contributed by atoms with Crippen molar-refractivity contribution < 1.29 is 13.2 Å². The van der Waals surface area contributed by atoms with Crippen LogP contribution >= 0.6 is 11.6 Å². The van der Waals surface area contributed by atoms with Crippen LogP contribution in [0.1, 0.15) is 22.5 Å². The Balaban J connectivity index is 1.71. The van der Waals surface area contributed by atoms with Crippen LogP contribution in [0.25, 0.3) is 0 Å². The van der Waals surface area contributed by atoms with Crippen LogP contribution in [-0.4, -0.2) is 36.9 Å². The molecule has 8 heteroatoms. The first kappa shape index (κ1) is 17.7. The summed E-state index contributed by atoms with van der Waals surface area (Å²) in [5.74, 6) is -0.0344. The number of rotatable bonds is 4. The van der Waals surface area contributed by atoms with Gasteiger partial charge in [0.2, 0.25) is 0 Å². The molecule has 2 aromatic rings. The molecule has 1 unspecified atom stereocenters. The van der Waals surface area contributed by atoms with E-state index in [1.165, 1.54) is 6.20 Å². The predicted molar refractivity (Wildman–Crippen MR) is 99.1 cm³/mol. The van der Waals surface area contributed by atoms with Gasteiger partial charge < -0.3 is 10.6 Å². The van der Waals surface area contributed by atoms with Gasteiger partial charge in [-0.2, -0.15) is 0 Å². The second-order valence-electron chi connectivity index (χ2n) is 6.09. The Morgan fingerprint density at radius 1 is 1.28 bits per heavy atom. The molecule has 1 aromatic carbocycles. The van der Waals surface area contributed by atoms with E-state index in [2.05, 4.69) is 15.6 Å². The van der Waals surface area contributed by atoms with Gasteiger partial charge in [-0.05, 0) is 49.2 Å². The summed E-state index contributed by atoms with van der Waals surface area (Å²) in [6, 6.07) is 8.41. The zero-order valence-electron chi connectivity index (χ0n) is 13.6. The van der Waals surface area contributed by atoms with Crippen molar-refractivity contribution in [2.24, 2.45) is 0 Å². The molecule has 6 nitrogen and oxygen atoms in total. The largest absolute Gasteiger partial charge is 0.381 e. The van der Waals surface area contributed by atoms with Gasteiger partial charge in [-0.25, -0.2) is 8.42 Å². The average molecular weight is 380 g/mol. The van der Waals surface area contributed by atoms with E-state index >= 15 is 0 Å². The number of hydrogen-bond acceptors (Lipinski definition) is 5. The smallest absolute Gasteiger partial charge is 0.274 e. The minimum absolute atomic E-state index is 0.112. The fourth-order valence-corrected chi connectivity index (χ4v) is 4.64. The van der Waals surface area contributed by atoms with Gasteiger partial charge in [0.15, 0.2) is 9.84 Å². The highest BCUT2D eigenvalue weighted by Crippen LogP contribution is 2.21. The van der Waals surface area contributed by atoms with Gasteiger partial charge in [0.1, 0.15) is 5.69 Å². The number of nitrogens with zero attached hydrogens (tertiary/aromatic N) is 1. The summed E-state index contributed by atoms with van der Waals surface area (Å²) in [4.78, 5) is 16.5. The molecule has 1 saturated heterocycles. The fraction of sp³-hybridized carbons (Fsp3) is 0.294. The first-order valence-electron chi connectivity index (χ1n) is 7.83. The topological polar surface area (TPSA) is 88.2 Å². The molecule has 1 aliphatic rings. The van der Waals surface area contributed by atoms with Crippen LogP contribution in [0, 0.1) is 6.92 Å². The lowest BCUT2D eigenvalue weighted by Gasteiger charge is -2.13. The van der Waals surface area contributed by atoms with E-state index in [1.807, 2.05) is 6.92 Å². The van der Waals surface area contributed by atoms with E-state index in [-0.39, 0.29) is 29.1 Å². The zero-order chi connectivity index (χ0) is 18.0. The van der Waals surface area contributed by atoms with E-state index in [1.54, 1.807) is 30.3 Å². The van der Waals surface area contributed by atoms with Crippen molar-refractivity contribution >= 4 is 38.7 Å². The zero-order valence-corrected chi connectivity index (χ0v) is 15.2. The molecule has 2 N–H and O–H groups in total. The third-order valence-corrected chi connectivity index (χ3v) is 6.04. The number of aryl methyl sites for hydroxylation is 1. The van der Waals surface area contributed by atoms with Crippen LogP contribution in [-0.2, 0) is 9.84 Å². The number of halogens is 1. The van der Waals surface area contributed by atoms with Crippen LogP contribution in [0.2, 0.25) is 5.02 Å². The van der Waals surface area contributed by atoms with Crippen molar-refractivity contribution in [3.8, 4) is 0 Å². The summed E-state index contributed by atoms with van der Waals surface area (Å²) in [7, 11) is -2.96. The molecule has 2 heterocycles. The number of sulfone groups is 1. The van der Waals surface area contributed by atoms with E-state index in [0.717, 1.165) is 5.56 Å².